The van der Waals surface area contributed by atoms with Gasteiger partial charge in [-0.3, -0.25) is 4.79 Å². The average molecular weight is 243 g/mol. The molecular formula is C13H25NO3. The van der Waals surface area contributed by atoms with Gasteiger partial charge in [0.25, 0.3) is 0 Å². The molecule has 0 aliphatic heterocycles. The maximum Gasteiger partial charge on any atom is 0.325 e. The molecule has 4 heteroatoms. The lowest BCUT2D eigenvalue weighted by Gasteiger charge is -2.38. The summed E-state index contributed by atoms with van der Waals surface area (Å²) >= 11 is 0. The first-order valence-corrected chi connectivity index (χ1v) is 6.35. The number of hydrogen-bond donors (Lipinski definition) is 2. The van der Waals surface area contributed by atoms with E-state index in [-0.39, 0.29) is 11.5 Å². The molecule has 0 heterocycles. The number of nitrogens with two attached hydrogens (primary N) is 1. The van der Waals surface area contributed by atoms with E-state index in [0.717, 1.165) is 19.3 Å². The molecule has 0 bridgehead atoms. The first-order chi connectivity index (χ1) is 7.71. The zero-order chi connectivity index (χ0) is 13.2. The lowest BCUT2D eigenvalue weighted by molar-refractivity contribution is -0.157. The fraction of sp³-hybridized carbons (Fsp3) is 0.923. The molecular weight excluding hydrogens is 218 g/mol. The molecule has 1 fully saturated rings. The highest BCUT2D eigenvalue weighted by Crippen LogP contribution is 2.39. The van der Waals surface area contributed by atoms with Crippen LogP contribution in [0.1, 0.15) is 47.0 Å². The number of carbonyl (C=O) groups excluding carboxylic acids is 1. The van der Waals surface area contributed by atoms with Crippen LogP contribution in [-0.4, -0.2) is 29.3 Å². The molecule has 0 aromatic carbocycles. The summed E-state index contributed by atoms with van der Waals surface area (Å²) in [5, 5.41) is 9.25. The topological polar surface area (TPSA) is 72.5 Å². The highest BCUT2D eigenvalue weighted by molar-refractivity contribution is 5.76. The molecule has 0 spiro atoms. The zero-order valence-corrected chi connectivity index (χ0v) is 11.3. The molecule has 17 heavy (non-hydrogen) atoms. The van der Waals surface area contributed by atoms with Crippen LogP contribution in [0.15, 0.2) is 0 Å². The normalized spacial score (nSPS) is 31.6. The Hall–Kier alpha value is -0.610. The van der Waals surface area contributed by atoms with Crippen LogP contribution >= 0.6 is 0 Å². The standard InChI is InChI=1S/C13H25NO3/c1-8-5-10(7-13(3,4)6-8)17-12(16)11(14)9(2)15/h8-11,15H,5-7,14H2,1-4H3. The second kappa shape index (κ2) is 5.36. The number of rotatable bonds is 3. The molecule has 1 saturated carbocycles. The minimum Gasteiger partial charge on any atom is -0.461 e. The van der Waals surface area contributed by atoms with Gasteiger partial charge in [-0.1, -0.05) is 20.8 Å². The van der Waals surface area contributed by atoms with E-state index >= 15 is 0 Å². The fourth-order valence-corrected chi connectivity index (χ4v) is 2.79. The van der Waals surface area contributed by atoms with Gasteiger partial charge in [-0.05, 0) is 37.5 Å². The Morgan fingerprint density at radius 3 is 2.53 bits per heavy atom. The summed E-state index contributed by atoms with van der Waals surface area (Å²) in [6, 6.07) is -0.935. The van der Waals surface area contributed by atoms with Gasteiger partial charge in [0.2, 0.25) is 0 Å². The SMILES string of the molecule is CC1CC(OC(=O)C(N)C(C)O)CC(C)(C)C1. The Bertz CT molecular complexity index is 276. The third kappa shape index (κ3) is 4.28. The summed E-state index contributed by atoms with van der Waals surface area (Å²) in [5.41, 5.74) is 5.76. The van der Waals surface area contributed by atoms with Crippen molar-refractivity contribution in [1.82, 2.24) is 0 Å². The van der Waals surface area contributed by atoms with Crippen LogP contribution in [0.5, 0.6) is 0 Å². The van der Waals surface area contributed by atoms with Crippen molar-refractivity contribution >= 4 is 5.97 Å². The summed E-state index contributed by atoms with van der Waals surface area (Å²) in [6.07, 6.45) is 1.99. The van der Waals surface area contributed by atoms with Gasteiger partial charge < -0.3 is 15.6 Å². The Labute approximate surface area is 104 Å². The van der Waals surface area contributed by atoms with Gasteiger partial charge in [0.15, 0.2) is 0 Å². The number of aliphatic hydroxyl groups is 1. The van der Waals surface area contributed by atoms with E-state index in [1.54, 1.807) is 0 Å². The van der Waals surface area contributed by atoms with E-state index < -0.39 is 18.1 Å². The molecule has 0 aromatic heterocycles. The lowest BCUT2D eigenvalue weighted by atomic mass is 9.71. The number of esters is 1. The number of ether oxygens (including phenoxy) is 1. The molecule has 4 nitrogen and oxygen atoms in total. The molecule has 100 valence electrons. The van der Waals surface area contributed by atoms with E-state index in [1.165, 1.54) is 6.92 Å². The molecule has 0 radical (unpaired) electrons. The molecule has 1 aliphatic rings. The maximum atomic E-state index is 11.7. The van der Waals surface area contributed by atoms with E-state index in [2.05, 4.69) is 20.8 Å². The maximum absolute atomic E-state index is 11.7. The van der Waals surface area contributed by atoms with Crippen LogP contribution in [0.3, 0.4) is 0 Å². The van der Waals surface area contributed by atoms with E-state index in [0.29, 0.717) is 5.92 Å². The van der Waals surface area contributed by atoms with E-state index in [1.807, 2.05) is 0 Å². The van der Waals surface area contributed by atoms with Crippen LogP contribution in [0.25, 0.3) is 0 Å². The Balaban J connectivity index is 2.54. The zero-order valence-electron chi connectivity index (χ0n) is 11.3. The minimum absolute atomic E-state index is 0.0638. The molecule has 4 atom stereocenters. The van der Waals surface area contributed by atoms with Crippen molar-refractivity contribution in [1.29, 1.82) is 0 Å². The molecule has 4 unspecified atom stereocenters. The van der Waals surface area contributed by atoms with Gasteiger partial charge in [-0.15, -0.1) is 0 Å². The second-order valence-electron chi connectivity index (χ2n) is 6.24. The van der Waals surface area contributed by atoms with Crippen LogP contribution in [0, 0.1) is 11.3 Å². The minimum atomic E-state index is -0.935. The Morgan fingerprint density at radius 2 is 2.06 bits per heavy atom. The van der Waals surface area contributed by atoms with Gasteiger partial charge in [0.1, 0.15) is 12.1 Å². The summed E-state index contributed by atoms with van der Waals surface area (Å²) in [4.78, 5) is 11.7. The lowest BCUT2D eigenvalue weighted by Crippen LogP contribution is -2.44. The van der Waals surface area contributed by atoms with Crippen LogP contribution < -0.4 is 5.73 Å². The third-order valence-corrected chi connectivity index (χ3v) is 3.42. The van der Waals surface area contributed by atoms with Crippen molar-refractivity contribution in [3.8, 4) is 0 Å². The van der Waals surface area contributed by atoms with Crippen molar-refractivity contribution in [2.45, 2.75) is 65.2 Å². The molecule has 1 aliphatic carbocycles. The first kappa shape index (κ1) is 14.5. The van der Waals surface area contributed by atoms with E-state index in [9.17, 15) is 9.90 Å². The molecule has 3 N–H and O–H groups in total. The predicted molar refractivity (Wildman–Crippen MR) is 66.3 cm³/mol. The van der Waals surface area contributed by atoms with Gasteiger partial charge in [-0.25, -0.2) is 0 Å². The summed E-state index contributed by atoms with van der Waals surface area (Å²) in [7, 11) is 0. The van der Waals surface area contributed by atoms with Gasteiger partial charge in [0, 0.05) is 0 Å². The summed E-state index contributed by atoms with van der Waals surface area (Å²) < 4.78 is 5.40. The third-order valence-electron chi connectivity index (χ3n) is 3.42. The molecule has 0 amide bonds. The predicted octanol–water partition coefficient (Wildman–Crippen LogP) is 1.45. The summed E-state index contributed by atoms with van der Waals surface area (Å²) in [6.45, 7) is 8.06. The van der Waals surface area contributed by atoms with Crippen molar-refractivity contribution in [2.75, 3.05) is 0 Å². The van der Waals surface area contributed by atoms with Crippen molar-refractivity contribution in [3.63, 3.8) is 0 Å². The fourth-order valence-electron chi connectivity index (χ4n) is 2.79. The van der Waals surface area contributed by atoms with Gasteiger partial charge in [0.05, 0.1) is 6.10 Å². The van der Waals surface area contributed by atoms with Crippen LogP contribution in [0.4, 0.5) is 0 Å². The Kier molecular flexibility index (Phi) is 4.55. The van der Waals surface area contributed by atoms with Gasteiger partial charge >= 0.3 is 5.97 Å². The quantitative estimate of drug-likeness (QED) is 0.736. The second-order valence-corrected chi connectivity index (χ2v) is 6.24. The first-order valence-electron chi connectivity index (χ1n) is 6.35. The van der Waals surface area contributed by atoms with Gasteiger partial charge in [-0.2, -0.15) is 0 Å². The number of hydrogen-bond acceptors (Lipinski definition) is 4. The van der Waals surface area contributed by atoms with Crippen LogP contribution in [-0.2, 0) is 9.53 Å². The monoisotopic (exact) mass is 243 g/mol. The molecule has 1 rings (SSSR count). The smallest absolute Gasteiger partial charge is 0.325 e. The van der Waals surface area contributed by atoms with Crippen LogP contribution in [0.2, 0.25) is 0 Å². The number of aliphatic hydroxyl groups excluding tert-OH is 1. The van der Waals surface area contributed by atoms with Crippen molar-refractivity contribution in [3.05, 3.63) is 0 Å². The Morgan fingerprint density at radius 1 is 1.47 bits per heavy atom. The molecule has 0 saturated heterocycles. The largest absolute Gasteiger partial charge is 0.461 e. The number of carbonyl (C=O) groups is 1. The van der Waals surface area contributed by atoms with E-state index in [4.69, 9.17) is 10.5 Å². The van der Waals surface area contributed by atoms with Crippen molar-refractivity contribution < 1.29 is 14.6 Å². The average Bonchev–Trinajstić information content (AvgIpc) is 2.12. The molecule has 0 aromatic rings. The summed E-state index contributed by atoms with van der Waals surface area (Å²) in [5.74, 6) is 0.0641. The van der Waals surface area contributed by atoms with Crippen molar-refractivity contribution in [2.24, 2.45) is 17.1 Å². The highest BCUT2D eigenvalue weighted by atomic mass is 16.5. The highest BCUT2D eigenvalue weighted by Gasteiger charge is 2.35.